The van der Waals surface area contributed by atoms with Gasteiger partial charge < -0.3 is 9.47 Å². The van der Waals surface area contributed by atoms with Crippen LogP contribution in [0.4, 0.5) is 10.5 Å². The Morgan fingerprint density at radius 2 is 1.90 bits per heavy atom. The van der Waals surface area contributed by atoms with Crippen molar-refractivity contribution in [2.45, 2.75) is 13.8 Å². The summed E-state index contributed by atoms with van der Waals surface area (Å²) in [6.45, 7) is 3.94. The number of imide groups is 2. The van der Waals surface area contributed by atoms with Crippen LogP contribution in [-0.4, -0.2) is 31.6 Å². The van der Waals surface area contributed by atoms with Crippen LogP contribution in [0, 0.1) is 6.92 Å². The number of aryl methyl sites for hydroxylation is 1. The molecule has 2 aromatic rings. The average molecular weight is 415 g/mol. The van der Waals surface area contributed by atoms with Crippen LogP contribution < -0.4 is 19.7 Å². The number of benzene rings is 2. The van der Waals surface area contributed by atoms with Gasteiger partial charge in [-0.3, -0.25) is 14.9 Å². The lowest BCUT2D eigenvalue weighted by Crippen LogP contribution is -2.54. The van der Waals surface area contributed by atoms with Crippen LogP contribution in [-0.2, 0) is 9.59 Å². The van der Waals surface area contributed by atoms with E-state index in [4.69, 9.17) is 21.1 Å². The van der Waals surface area contributed by atoms with E-state index in [-0.39, 0.29) is 5.57 Å². The van der Waals surface area contributed by atoms with E-state index < -0.39 is 17.8 Å². The molecule has 2 aromatic carbocycles. The van der Waals surface area contributed by atoms with Crippen LogP contribution in [0.25, 0.3) is 6.08 Å². The number of urea groups is 1. The van der Waals surface area contributed by atoms with Gasteiger partial charge >= 0.3 is 6.03 Å². The summed E-state index contributed by atoms with van der Waals surface area (Å²) in [7, 11) is 1.53. The lowest BCUT2D eigenvalue weighted by Gasteiger charge is -2.27. The largest absolute Gasteiger partial charge is 0.497 e. The third kappa shape index (κ3) is 4.09. The van der Waals surface area contributed by atoms with E-state index in [1.54, 1.807) is 37.3 Å². The number of hydrogen-bond donors (Lipinski definition) is 1. The average Bonchev–Trinajstić information content (AvgIpc) is 2.68. The number of nitrogens with one attached hydrogen (secondary N) is 1. The van der Waals surface area contributed by atoms with Gasteiger partial charge in [0.1, 0.15) is 17.1 Å². The van der Waals surface area contributed by atoms with Crippen molar-refractivity contribution in [3.63, 3.8) is 0 Å². The molecule has 1 N–H and O–H groups in total. The molecule has 0 saturated carbocycles. The number of carbonyl (C=O) groups is 3. The van der Waals surface area contributed by atoms with Crippen molar-refractivity contribution in [2.75, 3.05) is 18.6 Å². The minimum absolute atomic E-state index is 0.199. The Kier molecular flexibility index (Phi) is 5.89. The van der Waals surface area contributed by atoms with E-state index in [0.717, 1.165) is 4.90 Å². The molecule has 0 bridgehead atoms. The van der Waals surface area contributed by atoms with Crippen LogP contribution in [0.15, 0.2) is 42.0 Å². The highest BCUT2D eigenvalue weighted by Crippen LogP contribution is 2.30. The van der Waals surface area contributed by atoms with Gasteiger partial charge in [0.25, 0.3) is 11.8 Å². The first-order valence-corrected chi connectivity index (χ1v) is 9.22. The predicted molar refractivity (Wildman–Crippen MR) is 109 cm³/mol. The third-order valence-electron chi connectivity index (χ3n) is 4.33. The number of nitrogens with zero attached hydrogens (tertiary/aromatic N) is 1. The Morgan fingerprint density at radius 1 is 1.14 bits per heavy atom. The Labute approximate surface area is 172 Å². The molecule has 3 rings (SSSR count). The van der Waals surface area contributed by atoms with Crippen molar-refractivity contribution in [2.24, 2.45) is 0 Å². The first-order valence-electron chi connectivity index (χ1n) is 8.84. The first-order chi connectivity index (χ1) is 13.8. The highest BCUT2D eigenvalue weighted by molar-refractivity contribution is 6.39. The molecule has 0 unspecified atom stereocenters. The van der Waals surface area contributed by atoms with Gasteiger partial charge in [0.15, 0.2) is 0 Å². The SMILES string of the molecule is CCOc1cc(OC)ccc1/C=C1\C(=O)NC(=O)N(c2cc(Cl)ccc2C)C1=O. The van der Waals surface area contributed by atoms with Crippen molar-refractivity contribution in [1.82, 2.24) is 5.32 Å². The molecule has 1 aliphatic heterocycles. The Bertz CT molecular complexity index is 1030. The normalized spacial score (nSPS) is 15.5. The monoisotopic (exact) mass is 414 g/mol. The number of carbonyl (C=O) groups excluding carboxylic acids is 3. The van der Waals surface area contributed by atoms with Crippen LogP contribution in [0.5, 0.6) is 11.5 Å². The maximum atomic E-state index is 13.1. The molecule has 0 aliphatic carbocycles. The zero-order chi connectivity index (χ0) is 21.1. The summed E-state index contributed by atoms with van der Waals surface area (Å²) in [4.78, 5) is 38.8. The molecule has 7 nitrogen and oxygen atoms in total. The third-order valence-corrected chi connectivity index (χ3v) is 4.57. The van der Waals surface area contributed by atoms with Gasteiger partial charge in [-0.15, -0.1) is 0 Å². The molecule has 1 heterocycles. The maximum absolute atomic E-state index is 13.1. The zero-order valence-electron chi connectivity index (χ0n) is 16.1. The van der Waals surface area contributed by atoms with Gasteiger partial charge in [-0.2, -0.15) is 0 Å². The van der Waals surface area contributed by atoms with Crippen molar-refractivity contribution in [3.05, 3.63) is 58.1 Å². The second-order valence-corrected chi connectivity index (χ2v) is 6.66. The quantitative estimate of drug-likeness (QED) is 0.595. The van der Waals surface area contributed by atoms with Gasteiger partial charge in [-0.25, -0.2) is 9.69 Å². The summed E-state index contributed by atoms with van der Waals surface area (Å²) < 4.78 is 10.8. The standard InChI is InChI=1S/C21H19ClN2O5/c1-4-29-18-11-15(28-3)8-6-13(18)9-16-19(25)23-21(27)24(20(16)26)17-10-14(22)7-5-12(17)2/h5-11H,4H2,1-3H3,(H,23,25,27)/b16-9+. The van der Waals surface area contributed by atoms with Crippen molar-refractivity contribution in [1.29, 1.82) is 0 Å². The fourth-order valence-electron chi connectivity index (χ4n) is 2.90. The molecule has 4 amide bonds. The minimum Gasteiger partial charge on any atom is -0.497 e. The summed E-state index contributed by atoms with van der Waals surface area (Å²) in [6, 6.07) is 9.02. The van der Waals surface area contributed by atoms with Crippen LogP contribution in [0.1, 0.15) is 18.1 Å². The molecular formula is C21H19ClN2O5. The van der Waals surface area contributed by atoms with Gasteiger partial charge in [0.2, 0.25) is 0 Å². The molecule has 0 radical (unpaired) electrons. The summed E-state index contributed by atoms with van der Waals surface area (Å²) in [6.07, 6.45) is 1.39. The summed E-state index contributed by atoms with van der Waals surface area (Å²) in [5, 5.41) is 2.56. The van der Waals surface area contributed by atoms with E-state index in [1.807, 2.05) is 6.92 Å². The molecule has 150 valence electrons. The Hall–Kier alpha value is -3.32. The van der Waals surface area contributed by atoms with Gasteiger partial charge in [-0.05, 0) is 49.8 Å². The first kappa shape index (κ1) is 20.4. The molecule has 0 aromatic heterocycles. The molecule has 1 saturated heterocycles. The maximum Gasteiger partial charge on any atom is 0.335 e. The number of amides is 4. The summed E-state index contributed by atoms with van der Waals surface area (Å²) in [5.74, 6) is -0.514. The Morgan fingerprint density at radius 3 is 2.59 bits per heavy atom. The number of methoxy groups -OCH3 is 1. The molecule has 29 heavy (non-hydrogen) atoms. The second kappa shape index (κ2) is 8.36. The predicted octanol–water partition coefficient (Wildman–Crippen LogP) is 3.72. The molecule has 1 aliphatic rings. The minimum atomic E-state index is -0.831. The highest BCUT2D eigenvalue weighted by atomic mass is 35.5. The van der Waals surface area contributed by atoms with Crippen LogP contribution in [0.3, 0.4) is 0 Å². The highest BCUT2D eigenvalue weighted by Gasteiger charge is 2.37. The number of halogens is 1. The van der Waals surface area contributed by atoms with E-state index in [1.165, 1.54) is 19.3 Å². The lowest BCUT2D eigenvalue weighted by molar-refractivity contribution is -0.122. The van der Waals surface area contributed by atoms with Crippen LogP contribution in [0.2, 0.25) is 5.02 Å². The number of ether oxygens (including phenoxy) is 2. The smallest absolute Gasteiger partial charge is 0.335 e. The van der Waals surface area contributed by atoms with E-state index in [9.17, 15) is 14.4 Å². The number of anilines is 1. The summed E-state index contributed by atoms with van der Waals surface area (Å²) in [5.41, 5.74) is 1.27. The zero-order valence-corrected chi connectivity index (χ0v) is 16.9. The van der Waals surface area contributed by atoms with Crippen molar-refractivity contribution >= 4 is 41.2 Å². The van der Waals surface area contributed by atoms with Crippen molar-refractivity contribution in [3.8, 4) is 11.5 Å². The van der Waals surface area contributed by atoms with E-state index in [0.29, 0.717) is 39.9 Å². The fourth-order valence-corrected chi connectivity index (χ4v) is 3.06. The van der Waals surface area contributed by atoms with Gasteiger partial charge in [0, 0.05) is 16.7 Å². The fraction of sp³-hybridized carbons (Fsp3) is 0.190. The molecular weight excluding hydrogens is 396 g/mol. The molecule has 0 spiro atoms. The summed E-state index contributed by atoms with van der Waals surface area (Å²) >= 11 is 6.03. The molecule has 1 fully saturated rings. The lowest BCUT2D eigenvalue weighted by atomic mass is 10.0. The number of rotatable bonds is 5. The topological polar surface area (TPSA) is 84.9 Å². The molecule has 8 heteroatoms. The molecule has 0 atom stereocenters. The van der Waals surface area contributed by atoms with Gasteiger partial charge in [0.05, 0.1) is 19.4 Å². The Balaban J connectivity index is 2.07. The second-order valence-electron chi connectivity index (χ2n) is 6.23. The number of hydrogen-bond acceptors (Lipinski definition) is 5. The van der Waals surface area contributed by atoms with Crippen LogP contribution >= 0.6 is 11.6 Å². The number of barbiturate groups is 1. The van der Waals surface area contributed by atoms with E-state index in [2.05, 4.69) is 5.32 Å². The van der Waals surface area contributed by atoms with Crippen molar-refractivity contribution < 1.29 is 23.9 Å². The van der Waals surface area contributed by atoms with E-state index >= 15 is 0 Å². The van der Waals surface area contributed by atoms with Gasteiger partial charge in [-0.1, -0.05) is 17.7 Å².